The summed E-state index contributed by atoms with van der Waals surface area (Å²) in [5.41, 5.74) is 1.83. The lowest BCUT2D eigenvalue weighted by Crippen LogP contribution is -2.01. The van der Waals surface area contributed by atoms with E-state index < -0.39 is 9.84 Å². The number of nitrogens with one attached hydrogen (secondary N) is 1. The predicted molar refractivity (Wildman–Crippen MR) is 83.3 cm³/mol. The molecular formula is C14H13Cl2NO2S. The highest BCUT2D eigenvalue weighted by atomic mass is 35.5. The SMILES string of the molecule is CS(=O)(=O)c1ccc(NCc2ccc(Cl)c(Cl)c2)cc1. The van der Waals surface area contributed by atoms with Gasteiger partial charge >= 0.3 is 0 Å². The Morgan fingerprint density at radius 3 is 2.20 bits per heavy atom. The number of sulfone groups is 1. The monoisotopic (exact) mass is 329 g/mol. The summed E-state index contributed by atoms with van der Waals surface area (Å²) >= 11 is 11.8. The van der Waals surface area contributed by atoms with Gasteiger partial charge in [-0.05, 0) is 42.0 Å². The molecule has 2 aromatic carbocycles. The van der Waals surface area contributed by atoms with E-state index in [-0.39, 0.29) is 0 Å². The molecule has 0 fully saturated rings. The molecule has 0 bridgehead atoms. The van der Waals surface area contributed by atoms with Gasteiger partial charge in [0.15, 0.2) is 9.84 Å². The van der Waals surface area contributed by atoms with Crippen LogP contribution in [0.5, 0.6) is 0 Å². The summed E-state index contributed by atoms with van der Waals surface area (Å²) in [6, 6.07) is 12.0. The minimum atomic E-state index is -3.16. The molecule has 6 heteroatoms. The number of rotatable bonds is 4. The molecule has 0 aliphatic heterocycles. The van der Waals surface area contributed by atoms with Gasteiger partial charge in [0.25, 0.3) is 0 Å². The first-order chi connectivity index (χ1) is 9.36. The van der Waals surface area contributed by atoms with Crippen molar-refractivity contribution in [2.75, 3.05) is 11.6 Å². The number of hydrogen-bond donors (Lipinski definition) is 1. The lowest BCUT2D eigenvalue weighted by Gasteiger charge is -2.08. The zero-order chi connectivity index (χ0) is 14.8. The smallest absolute Gasteiger partial charge is 0.175 e. The minimum Gasteiger partial charge on any atom is -0.381 e. The van der Waals surface area contributed by atoms with E-state index in [0.717, 1.165) is 11.3 Å². The third-order valence-corrected chi connectivity index (χ3v) is 4.63. The maximum Gasteiger partial charge on any atom is 0.175 e. The van der Waals surface area contributed by atoms with E-state index in [0.29, 0.717) is 21.5 Å². The Balaban J connectivity index is 2.06. The minimum absolute atomic E-state index is 0.303. The van der Waals surface area contributed by atoms with E-state index in [2.05, 4.69) is 5.32 Å². The molecule has 2 aromatic rings. The summed E-state index contributed by atoms with van der Waals surface area (Å²) in [6.07, 6.45) is 1.19. The quantitative estimate of drug-likeness (QED) is 0.921. The zero-order valence-electron chi connectivity index (χ0n) is 10.7. The molecule has 0 heterocycles. The van der Waals surface area contributed by atoms with Gasteiger partial charge in [-0.3, -0.25) is 0 Å². The molecule has 0 aromatic heterocycles. The Morgan fingerprint density at radius 1 is 1.00 bits per heavy atom. The summed E-state index contributed by atoms with van der Waals surface area (Å²) in [6.45, 7) is 0.578. The highest BCUT2D eigenvalue weighted by Gasteiger charge is 2.06. The second-order valence-electron chi connectivity index (χ2n) is 4.40. The number of hydrogen-bond acceptors (Lipinski definition) is 3. The molecule has 106 valence electrons. The topological polar surface area (TPSA) is 46.2 Å². The van der Waals surface area contributed by atoms with Gasteiger partial charge in [0.2, 0.25) is 0 Å². The Labute approximate surface area is 128 Å². The van der Waals surface area contributed by atoms with Crippen molar-refractivity contribution in [3.63, 3.8) is 0 Å². The predicted octanol–water partition coefficient (Wildman–Crippen LogP) is 4.01. The highest BCUT2D eigenvalue weighted by Crippen LogP contribution is 2.23. The van der Waals surface area contributed by atoms with Gasteiger partial charge in [0.05, 0.1) is 14.9 Å². The van der Waals surface area contributed by atoms with E-state index in [1.165, 1.54) is 6.26 Å². The standard InChI is InChI=1S/C14H13Cl2NO2S/c1-20(18,19)12-5-3-11(4-6-12)17-9-10-2-7-13(15)14(16)8-10/h2-8,17H,9H2,1H3. The van der Waals surface area contributed by atoms with Crippen LogP contribution < -0.4 is 5.32 Å². The van der Waals surface area contributed by atoms with Crippen LogP contribution in [-0.2, 0) is 16.4 Å². The van der Waals surface area contributed by atoms with Crippen LogP contribution in [0.25, 0.3) is 0 Å². The van der Waals surface area contributed by atoms with Crippen LogP contribution in [0.4, 0.5) is 5.69 Å². The summed E-state index contributed by atoms with van der Waals surface area (Å²) in [5.74, 6) is 0. The van der Waals surface area contributed by atoms with E-state index in [1.54, 1.807) is 36.4 Å². The van der Waals surface area contributed by atoms with Crippen molar-refractivity contribution in [1.29, 1.82) is 0 Å². The summed E-state index contributed by atoms with van der Waals surface area (Å²) < 4.78 is 22.7. The first-order valence-electron chi connectivity index (χ1n) is 5.84. The number of anilines is 1. The largest absolute Gasteiger partial charge is 0.381 e. The van der Waals surface area contributed by atoms with Crippen molar-refractivity contribution < 1.29 is 8.42 Å². The molecule has 2 rings (SSSR count). The average molecular weight is 330 g/mol. The van der Waals surface area contributed by atoms with Gasteiger partial charge in [0.1, 0.15) is 0 Å². The Morgan fingerprint density at radius 2 is 1.65 bits per heavy atom. The lowest BCUT2D eigenvalue weighted by atomic mass is 10.2. The third kappa shape index (κ3) is 3.88. The molecule has 0 saturated carbocycles. The second-order valence-corrected chi connectivity index (χ2v) is 7.23. The molecule has 20 heavy (non-hydrogen) atoms. The first kappa shape index (κ1) is 15.2. The molecule has 0 amide bonds. The highest BCUT2D eigenvalue weighted by molar-refractivity contribution is 7.90. The first-order valence-corrected chi connectivity index (χ1v) is 8.49. The van der Waals surface area contributed by atoms with E-state index in [9.17, 15) is 8.42 Å². The fourth-order valence-electron chi connectivity index (χ4n) is 1.67. The summed E-state index contributed by atoms with van der Waals surface area (Å²) in [4.78, 5) is 0.303. The van der Waals surface area contributed by atoms with Gasteiger partial charge in [-0.25, -0.2) is 8.42 Å². The van der Waals surface area contributed by atoms with E-state index in [4.69, 9.17) is 23.2 Å². The Hall–Kier alpha value is -1.23. The number of halogens is 2. The normalized spacial score (nSPS) is 11.3. The molecule has 0 saturated heterocycles. The van der Waals surface area contributed by atoms with Crippen LogP contribution in [0, 0.1) is 0 Å². The maximum absolute atomic E-state index is 11.3. The van der Waals surface area contributed by atoms with Gasteiger partial charge in [0, 0.05) is 18.5 Å². The van der Waals surface area contributed by atoms with Gasteiger partial charge in [-0.1, -0.05) is 29.3 Å². The van der Waals surface area contributed by atoms with Crippen molar-refractivity contribution in [3.05, 3.63) is 58.1 Å². The molecule has 0 aliphatic rings. The average Bonchev–Trinajstić information content (AvgIpc) is 2.40. The summed E-state index contributed by atoms with van der Waals surface area (Å²) in [7, 11) is -3.16. The van der Waals surface area contributed by atoms with Crippen molar-refractivity contribution in [3.8, 4) is 0 Å². The molecule has 0 spiro atoms. The van der Waals surface area contributed by atoms with E-state index in [1.807, 2.05) is 6.07 Å². The van der Waals surface area contributed by atoms with Crippen LogP contribution in [0.2, 0.25) is 10.0 Å². The Bertz CT molecular complexity index is 712. The van der Waals surface area contributed by atoms with Crippen LogP contribution >= 0.6 is 23.2 Å². The zero-order valence-corrected chi connectivity index (χ0v) is 13.1. The molecule has 0 aliphatic carbocycles. The van der Waals surface area contributed by atoms with Crippen LogP contribution in [-0.4, -0.2) is 14.7 Å². The fraction of sp³-hybridized carbons (Fsp3) is 0.143. The lowest BCUT2D eigenvalue weighted by molar-refractivity contribution is 0.602. The summed E-state index contributed by atoms with van der Waals surface area (Å²) in [5, 5.41) is 4.22. The van der Waals surface area contributed by atoms with Crippen LogP contribution in [0.1, 0.15) is 5.56 Å². The Kier molecular flexibility index (Phi) is 4.58. The van der Waals surface area contributed by atoms with Crippen LogP contribution in [0.15, 0.2) is 47.4 Å². The molecular weight excluding hydrogens is 317 g/mol. The molecule has 3 nitrogen and oxygen atoms in total. The van der Waals surface area contributed by atoms with Gasteiger partial charge in [-0.15, -0.1) is 0 Å². The third-order valence-electron chi connectivity index (χ3n) is 2.76. The van der Waals surface area contributed by atoms with Crippen molar-refractivity contribution >= 4 is 38.7 Å². The molecule has 0 atom stereocenters. The molecule has 0 radical (unpaired) electrons. The van der Waals surface area contributed by atoms with Gasteiger partial charge in [-0.2, -0.15) is 0 Å². The van der Waals surface area contributed by atoms with Crippen LogP contribution in [0.3, 0.4) is 0 Å². The molecule has 0 unspecified atom stereocenters. The van der Waals surface area contributed by atoms with Crippen molar-refractivity contribution in [2.45, 2.75) is 11.4 Å². The fourth-order valence-corrected chi connectivity index (χ4v) is 2.62. The van der Waals surface area contributed by atoms with Crippen molar-refractivity contribution in [1.82, 2.24) is 0 Å². The second kappa shape index (κ2) is 6.04. The van der Waals surface area contributed by atoms with Crippen molar-refractivity contribution in [2.24, 2.45) is 0 Å². The number of benzene rings is 2. The maximum atomic E-state index is 11.3. The van der Waals surface area contributed by atoms with E-state index >= 15 is 0 Å². The molecule has 1 N–H and O–H groups in total. The van der Waals surface area contributed by atoms with Gasteiger partial charge < -0.3 is 5.32 Å².